The number of carbonyl (C=O) groups excluding carboxylic acids is 1. The molecule has 0 saturated heterocycles. The average molecular weight is 317 g/mol. The number of nitrogens with one attached hydrogen (secondary N) is 1. The van der Waals surface area contributed by atoms with Gasteiger partial charge in [-0.25, -0.2) is 4.68 Å². The Bertz CT molecular complexity index is 819. The van der Waals surface area contributed by atoms with Crippen LogP contribution < -0.4 is 10.9 Å². The Kier molecular flexibility index (Phi) is 4.59. The molecule has 1 N–H and O–H groups in total. The maximum absolute atomic E-state index is 12.1. The van der Waals surface area contributed by atoms with Crippen LogP contribution in [-0.2, 0) is 11.3 Å². The summed E-state index contributed by atoms with van der Waals surface area (Å²) in [7, 11) is 0. The predicted octanol–water partition coefficient (Wildman–Crippen LogP) is 2.02. The standard InChI is InChI=1S/C15H13ClN4O2/c1-9-10(2)19-20(15(22)13(9)7-17)8-14(21)18-12-5-3-11(16)4-6-12/h3-6H,8H2,1-2H3,(H,18,21). The molecule has 0 aliphatic carbocycles. The number of aromatic nitrogens is 2. The number of carbonyl (C=O) groups is 1. The van der Waals surface area contributed by atoms with E-state index in [1.54, 1.807) is 38.1 Å². The van der Waals surface area contributed by atoms with Gasteiger partial charge in [0.15, 0.2) is 0 Å². The van der Waals surface area contributed by atoms with E-state index in [-0.39, 0.29) is 12.1 Å². The molecule has 6 nitrogen and oxygen atoms in total. The number of amides is 1. The van der Waals surface area contributed by atoms with Gasteiger partial charge < -0.3 is 5.32 Å². The zero-order valence-electron chi connectivity index (χ0n) is 12.1. The van der Waals surface area contributed by atoms with Crippen LogP contribution in [0.15, 0.2) is 29.1 Å². The second kappa shape index (κ2) is 6.41. The first-order valence-corrected chi connectivity index (χ1v) is 6.84. The second-order valence-electron chi connectivity index (χ2n) is 4.72. The normalized spacial score (nSPS) is 10.1. The lowest BCUT2D eigenvalue weighted by atomic mass is 10.1. The van der Waals surface area contributed by atoms with Crippen LogP contribution in [0.2, 0.25) is 5.02 Å². The third-order valence-corrected chi connectivity index (χ3v) is 3.42. The summed E-state index contributed by atoms with van der Waals surface area (Å²) < 4.78 is 0.992. The summed E-state index contributed by atoms with van der Waals surface area (Å²) in [6, 6.07) is 8.44. The van der Waals surface area contributed by atoms with Crippen molar-refractivity contribution in [3.8, 4) is 6.07 Å². The number of halogens is 1. The largest absolute Gasteiger partial charge is 0.324 e. The highest BCUT2D eigenvalue weighted by molar-refractivity contribution is 6.30. The summed E-state index contributed by atoms with van der Waals surface area (Å²) in [5.74, 6) is -0.413. The molecule has 1 aromatic carbocycles. The topological polar surface area (TPSA) is 87.8 Å². The van der Waals surface area contributed by atoms with Gasteiger partial charge in [0.2, 0.25) is 5.91 Å². The van der Waals surface area contributed by atoms with E-state index in [1.807, 2.05) is 6.07 Å². The highest BCUT2D eigenvalue weighted by Crippen LogP contribution is 2.13. The first-order chi connectivity index (χ1) is 10.4. The molecule has 0 radical (unpaired) electrons. The van der Waals surface area contributed by atoms with Crippen LogP contribution in [0.3, 0.4) is 0 Å². The van der Waals surface area contributed by atoms with Gasteiger partial charge in [-0.15, -0.1) is 0 Å². The Morgan fingerprint density at radius 1 is 1.36 bits per heavy atom. The molecule has 0 aliphatic heterocycles. The molecule has 0 fully saturated rings. The molecular formula is C15H13ClN4O2. The van der Waals surface area contributed by atoms with Crippen molar-refractivity contribution >= 4 is 23.2 Å². The predicted molar refractivity (Wildman–Crippen MR) is 82.8 cm³/mol. The number of hydrogen-bond donors (Lipinski definition) is 1. The van der Waals surface area contributed by atoms with Crippen LogP contribution in [-0.4, -0.2) is 15.7 Å². The monoisotopic (exact) mass is 316 g/mol. The quantitative estimate of drug-likeness (QED) is 0.938. The van der Waals surface area contributed by atoms with Gasteiger partial charge >= 0.3 is 0 Å². The van der Waals surface area contributed by atoms with Gasteiger partial charge in [-0.3, -0.25) is 9.59 Å². The lowest BCUT2D eigenvalue weighted by Crippen LogP contribution is -2.32. The average Bonchev–Trinajstić information content (AvgIpc) is 2.48. The molecule has 7 heteroatoms. The molecule has 0 aliphatic rings. The Labute approximate surface area is 131 Å². The number of anilines is 1. The molecule has 0 atom stereocenters. The van der Waals surface area contributed by atoms with Gasteiger partial charge in [0.1, 0.15) is 18.2 Å². The van der Waals surface area contributed by atoms with Crippen LogP contribution in [0, 0.1) is 25.2 Å². The molecule has 2 aromatic rings. The summed E-state index contributed by atoms with van der Waals surface area (Å²) >= 11 is 5.77. The van der Waals surface area contributed by atoms with E-state index in [9.17, 15) is 9.59 Å². The van der Waals surface area contributed by atoms with Crippen LogP contribution >= 0.6 is 11.6 Å². The number of rotatable bonds is 3. The maximum Gasteiger partial charge on any atom is 0.285 e. The smallest absolute Gasteiger partial charge is 0.285 e. The number of aryl methyl sites for hydroxylation is 1. The van der Waals surface area contributed by atoms with Crippen molar-refractivity contribution in [2.24, 2.45) is 0 Å². The number of hydrogen-bond acceptors (Lipinski definition) is 4. The first kappa shape index (κ1) is 15.7. The molecule has 1 amide bonds. The Morgan fingerprint density at radius 3 is 2.59 bits per heavy atom. The SMILES string of the molecule is Cc1nn(CC(=O)Nc2ccc(Cl)cc2)c(=O)c(C#N)c1C. The fourth-order valence-corrected chi connectivity index (χ4v) is 2.01. The number of benzene rings is 1. The number of nitriles is 1. The van der Waals surface area contributed by atoms with Gasteiger partial charge in [0, 0.05) is 10.7 Å². The third kappa shape index (κ3) is 3.32. The molecule has 0 unspecified atom stereocenters. The zero-order valence-corrected chi connectivity index (χ0v) is 12.8. The van der Waals surface area contributed by atoms with Crippen molar-refractivity contribution in [1.82, 2.24) is 9.78 Å². The molecule has 0 saturated carbocycles. The second-order valence-corrected chi connectivity index (χ2v) is 5.15. The molecule has 2 rings (SSSR count). The van der Waals surface area contributed by atoms with Crippen LogP contribution in [0.5, 0.6) is 0 Å². The van der Waals surface area contributed by atoms with Gasteiger partial charge in [-0.2, -0.15) is 10.4 Å². The fraction of sp³-hybridized carbons (Fsp3) is 0.200. The van der Waals surface area contributed by atoms with Gasteiger partial charge in [0.05, 0.1) is 5.69 Å². The highest BCUT2D eigenvalue weighted by atomic mass is 35.5. The summed E-state index contributed by atoms with van der Waals surface area (Å²) in [5.41, 5.74) is 1.06. The highest BCUT2D eigenvalue weighted by Gasteiger charge is 2.13. The first-order valence-electron chi connectivity index (χ1n) is 6.46. The third-order valence-electron chi connectivity index (χ3n) is 3.17. The molecule has 0 spiro atoms. The maximum atomic E-state index is 12.1. The van der Waals surface area contributed by atoms with Gasteiger partial charge in [0.25, 0.3) is 5.56 Å². The minimum atomic E-state index is -0.572. The molecule has 112 valence electrons. The summed E-state index contributed by atoms with van der Waals surface area (Å²) in [6.45, 7) is 3.07. The van der Waals surface area contributed by atoms with E-state index in [0.29, 0.717) is 22.0 Å². The minimum Gasteiger partial charge on any atom is -0.324 e. The van der Waals surface area contributed by atoms with E-state index in [1.165, 1.54) is 0 Å². The van der Waals surface area contributed by atoms with E-state index in [0.717, 1.165) is 4.68 Å². The Morgan fingerprint density at radius 2 is 2.00 bits per heavy atom. The van der Waals surface area contributed by atoms with Crippen molar-refractivity contribution in [3.05, 3.63) is 56.5 Å². The van der Waals surface area contributed by atoms with Crippen molar-refractivity contribution in [1.29, 1.82) is 5.26 Å². The van der Waals surface area contributed by atoms with Crippen LogP contribution in [0.25, 0.3) is 0 Å². The fourth-order valence-electron chi connectivity index (χ4n) is 1.88. The molecule has 1 heterocycles. The van der Waals surface area contributed by atoms with Crippen LogP contribution in [0.4, 0.5) is 5.69 Å². The minimum absolute atomic E-state index is 0.00629. The lowest BCUT2D eigenvalue weighted by Gasteiger charge is -2.09. The Balaban J connectivity index is 2.22. The van der Waals surface area contributed by atoms with E-state index < -0.39 is 11.5 Å². The van der Waals surface area contributed by atoms with Crippen molar-refractivity contribution in [3.63, 3.8) is 0 Å². The molecule has 1 aromatic heterocycles. The molecular weight excluding hydrogens is 304 g/mol. The van der Waals surface area contributed by atoms with Gasteiger partial charge in [-0.1, -0.05) is 11.6 Å². The van der Waals surface area contributed by atoms with Crippen molar-refractivity contribution < 1.29 is 4.79 Å². The summed E-state index contributed by atoms with van der Waals surface area (Å²) in [6.07, 6.45) is 0. The van der Waals surface area contributed by atoms with Gasteiger partial charge in [-0.05, 0) is 43.7 Å². The van der Waals surface area contributed by atoms with E-state index in [4.69, 9.17) is 16.9 Å². The van der Waals surface area contributed by atoms with E-state index in [2.05, 4.69) is 10.4 Å². The lowest BCUT2D eigenvalue weighted by molar-refractivity contribution is -0.117. The Hall–Kier alpha value is -2.65. The zero-order chi connectivity index (χ0) is 16.3. The number of nitrogens with zero attached hydrogens (tertiary/aromatic N) is 3. The summed E-state index contributed by atoms with van der Waals surface area (Å²) in [5, 5.41) is 16.3. The summed E-state index contributed by atoms with van der Waals surface area (Å²) in [4.78, 5) is 24.1. The molecule has 0 bridgehead atoms. The van der Waals surface area contributed by atoms with Crippen molar-refractivity contribution in [2.45, 2.75) is 20.4 Å². The van der Waals surface area contributed by atoms with Crippen molar-refractivity contribution in [2.75, 3.05) is 5.32 Å². The molecule has 22 heavy (non-hydrogen) atoms. The van der Waals surface area contributed by atoms with E-state index >= 15 is 0 Å². The van der Waals surface area contributed by atoms with Crippen LogP contribution in [0.1, 0.15) is 16.8 Å².